The molecule has 0 unspecified atom stereocenters. The third-order valence-corrected chi connectivity index (χ3v) is 6.77. The van der Waals surface area contributed by atoms with Gasteiger partial charge in [-0.1, -0.05) is 12.2 Å². The highest BCUT2D eigenvalue weighted by Crippen LogP contribution is 2.43. The fourth-order valence-corrected chi connectivity index (χ4v) is 4.88. The summed E-state index contributed by atoms with van der Waals surface area (Å²) >= 11 is 0. The van der Waals surface area contributed by atoms with E-state index in [1.807, 2.05) is 69.3 Å². The van der Waals surface area contributed by atoms with E-state index in [4.69, 9.17) is 42.6 Å². The van der Waals surface area contributed by atoms with Crippen LogP contribution < -0.4 is 42.6 Å². The van der Waals surface area contributed by atoms with Crippen LogP contribution in [0.3, 0.4) is 0 Å². The molecule has 3 aromatic rings. The zero-order chi connectivity index (χ0) is 31.5. The van der Waals surface area contributed by atoms with E-state index in [0.717, 1.165) is 16.7 Å². The van der Waals surface area contributed by atoms with Gasteiger partial charge in [-0.2, -0.15) is 0 Å². The van der Waals surface area contributed by atoms with Crippen molar-refractivity contribution in [1.29, 1.82) is 0 Å². The number of allylic oxidation sites excluding steroid dienone is 1. The van der Waals surface area contributed by atoms with Crippen molar-refractivity contribution in [1.82, 2.24) is 0 Å². The van der Waals surface area contributed by atoms with E-state index in [0.29, 0.717) is 64.6 Å². The molecule has 0 aromatic heterocycles. The van der Waals surface area contributed by atoms with E-state index < -0.39 is 0 Å². The lowest BCUT2D eigenvalue weighted by Crippen LogP contribution is -2.18. The summed E-state index contributed by atoms with van der Waals surface area (Å²) in [6, 6.07) is 11.5. The Bertz CT molecular complexity index is 1310. The molecule has 43 heavy (non-hydrogen) atoms. The molecule has 0 radical (unpaired) electrons. The molecular weight excluding hydrogens is 552 g/mol. The zero-order valence-corrected chi connectivity index (χ0v) is 26.9. The highest BCUT2D eigenvalue weighted by molar-refractivity contribution is 5.62. The van der Waals surface area contributed by atoms with E-state index >= 15 is 0 Å². The molecule has 0 amide bonds. The van der Waals surface area contributed by atoms with Crippen LogP contribution in [0.2, 0.25) is 0 Å². The van der Waals surface area contributed by atoms with Gasteiger partial charge in [0.2, 0.25) is 17.2 Å². The van der Waals surface area contributed by atoms with Crippen molar-refractivity contribution in [2.45, 2.75) is 45.8 Å². The molecule has 0 spiro atoms. The van der Waals surface area contributed by atoms with Gasteiger partial charge in [-0.25, -0.2) is 0 Å². The van der Waals surface area contributed by atoms with Crippen LogP contribution in [0.4, 0.5) is 0 Å². The molecule has 234 valence electrons. The molecule has 0 saturated heterocycles. The van der Waals surface area contributed by atoms with Crippen LogP contribution in [0, 0.1) is 0 Å². The summed E-state index contributed by atoms with van der Waals surface area (Å²) in [4.78, 5) is 0. The molecule has 0 N–H and O–H groups in total. The molecular formula is C34H44O9. The average Bonchev–Trinajstić information content (AvgIpc) is 3.01. The van der Waals surface area contributed by atoms with Gasteiger partial charge in [-0.15, -0.1) is 0 Å². The van der Waals surface area contributed by atoms with E-state index in [1.54, 1.807) is 49.8 Å². The normalized spacial score (nSPS) is 12.3. The van der Waals surface area contributed by atoms with Crippen molar-refractivity contribution < 1.29 is 42.6 Å². The van der Waals surface area contributed by atoms with Gasteiger partial charge in [0.25, 0.3) is 0 Å². The van der Waals surface area contributed by atoms with Crippen molar-refractivity contribution >= 4 is 6.08 Å². The Labute approximate surface area is 255 Å². The first-order valence-electron chi connectivity index (χ1n) is 14.0. The molecule has 0 aliphatic rings. The van der Waals surface area contributed by atoms with Gasteiger partial charge in [0.05, 0.1) is 49.8 Å². The second kappa shape index (κ2) is 15.7. The number of ether oxygens (including phenoxy) is 9. The molecule has 0 heterocycles. The Morgan fingerprint density at radius 2 is 0.814 bits per heavy atom. The first-order valence-corrected chi connectivity index (χ1v) is 14.0. The molecule has 0 aliphatic heterocycles. The molecule has 0 fully saturated rings. The fourth-order valence-electron chi connectivity index (χ4n) is 4.88. The summed E-state index contributed by atoms with van der Waals surface area (Å²) in [5, 5.41) is 0. The quantitative estimate of drug-likeness (QED) is 0.177. The summed E-state index contributed by atoms with van der Waals surface area (Å²) in [5.74, 6) is 5.09. The Kier molecular flexibility index (Phi) is 12.1. The standard InChI is InChI=1S/C34H44O9/c1-11-12-23-15-28(37-6)33(29(16-23)38-7)42-22(3)14-25-19-30(39-8)34(31(20-25)40-9)43-21(2)13-24-17-26(35-4)32(41-10)27(18-24)36-5/h11-12,15-22H,13-14H2,1-10H3/t21-,22-/m0/s1. The highest BCUT2D eigenvalue weighted by Gasteiger charge is 2.22. The van der Waals surface area contributed by atoms with Gasteiger partial charge in [0.1, 0.15) is 12.2 Å². The van der Waals surface area contributed by atoms with Crippen LogP contribution >= 0.6 is 0 Å². The van der Waals surface area contributed by atoms with Crippen LogP contribution in [-0.4, -0.2) is 62.0 Å². The molecule has 9 heteroatoms. The average molecular weight is 597 g/mol. The first-order chi connectivity index (χ1) is 20.7. The van der Waals surface area contributed by atoms with Crippen LogP contribution in [-0.2, 0) is 12.8 Å². The number of hydrogen-bond donors (Lipinski definition) is 0. The third-order valence-electron chi connectivity index (χ3n) is 6.77. The maximum atomic E-state index is 6.38. The van der Waals surface area contributed by atoms with Crippen LogP contribution in [0.1, 0.15) is 37.5 Å². The second-order valence-corrected chi connectivity index (χ2v) is 9.88. The predicted molar refractivity (Wildman–Crippen MR) is 167 cm³/mol. The molecule has 0 bridgehead atoms. The van der Waals surface area contributed by atoms with Crippen LogP contribution in [0.25, 0.3) is 6.08 Å². The summed E-state index contributed by atoms with van der Waals surface area (Å²) < 4.78 is 51.9. The monoisotopic (exact) mass is 596 g/mol. The SMILES string of the molecule is CC=Cc1cc(OC)c(O[C@@H](C)Cc2cc(OC)c(O[C@@H](C)Cc3cc(OC)c(OC)c(OC)c3)c(OC)c2)c(OC)c1. The van der Waals surface area contributed by atoms with E-state index in [-0.39, 0.29) is 12.2 Å². The lowest BCUT2D eigenvalue weighted by atomic mass is 10.1. The van der Waals surface area contributed by atoms with Gasteiger partial charge in [0.15, 0.2) is 34.5 Å². The fraction of sp³-hybridized carbons (Fsp3) is 0.412. The number of hydrogen-bond acceptors (Lipinski definition) is 9. The molecule has 2 atom stereocenters. The van der Waals surface area contributed by atoms with Gasteiger partial charge < -0.3 is 42.6 Å². The number of methoxy groups -OCH3 is 7. The molecule has 9 nitrogen and oxygen atoms in total. The summed E-state index contributed by atoms with van der Waals surface area (Å²) in [5.41, 5.74) is 2.88. The summed E-state index contributed by atoms with van der Waals surface area (Å²) in [6.07, 6.45) is 4.62. The minimum Gasteiger partial charge on any atom is -0.493 e. The van der Waals surface area contributed by atoms with Gasteiger partial charge in [-0.05, 0) is 73.9 Å². The molecule has 3 rings (SSSR count). The minimum absolute atomic E-state index is 0.226. The zero-order valence-electron chi connectivity index (χ0n) is 26.9. The molecule has 0 aliphatic carbocycles. The predicted octanol–water partition coefficient (Wildman–Crippen LogP) is 6.80. The topological polar surface area (TPSA) is 83.1 Å². The van der Waals surface area contributed by atoms with Gasteiger partial charge >= 0.3 is 0 Å². The van der Waals surface area contributed by atoms with Gasteiger partial charge in [-0.3, -0.25) is 0 Å². The lowest BCUT2D eigenvalue weighted by molar-refractivity contribution is 0.197. The van der Waals surface area contributed by atoms with Crippen molar-refractivity contribution in [2.24, 2.45) is 0 Å². The first kappa shape index (κ1) is 33.1. The Hall–Kier alpha value is -4.40. The maximum absolute atomic E-state index is 6.38. The Morgan fingerprint density at radius 1 is 0.488 bits per heavy atom. The smallest absolute Gasteiger partial charge is 0.203 e. The van der Waals surface area contributed by atoms with Crippen LogP contribution in [0.15, 0.2) is 42.5 Å². The minimum atomic E-state index is -0.232. The largest absolute Gasteiger partial charge is 0.493 e. The highest BCUT2D eigenvalue weighted by atomic mass is 16.6. The number of rotatable bonds is 16. The van der Waals surface area contributed by atoms with Crippen LogP contribution in [0.5, 0.6) is 51.7 Å². The van der Waals surface area contributed by atoms with Crippen molar-refractivity contribution in [3.05, 3.63) is 59.2 Å². The maximum Gasteiger partial charge on any atom is 0.203 e. The molecule has 0 saturated carbocycles. The molecule has 3 aromatic carbocycles. The summed E-state index contributed by atoms with van der Waals surface area (Å²) in [7, 11) is 11.2. The van der Waals surface area contributed by atoms with Gasteiger partial charge in [0, 0.05) is 12.8 Å². The Balaban J connectivity index is 1.82. The third kappa shape index (κ3) is 8.12. The summed E-state index contributed by atoms with van der Waals surface area (Å²) in [6.45, 7) is 5.93. The van der Waals surface area contributed by atoms with Crippen molar-refractivity contribution in [2.75, 3.05) is 49.8 Å². The second-order valence-electron chi connectivity index (χ2n) is 9.88. The van der Waals surface area contributed by atoms with Crippen molar-refractivity contribution in [3.63, 3.8) is 0 Å². The number of benzene rings is 3. The van der Waals surface area contributed by atoms with E-state index in [9.17, 15) is 0 Å². The Morgan fingerprint density at radius 3 is 1.12 bits per heavy atom. The van der Waals surface area contributed by atoms with Crippen molar-refractivity contribution in [3.8, 4) is 51.7 Å². The van der Waals surface area contributed by atoms with E-state index in [2.05, 4.69) is 0 Å². The lowest BCUT2D eigenvalue weighted by Gasteiger charge is -2.22. The van der Waals surface area contributed by atoms with E-state index in [1.165, 1.54) is 0 Å².